The van der Waals surface area contributed by atoms with Crippen molar-refractivity contribution in [2.75, 3.05) is 13.2 Å². The number of likely N-dealkylation sites (tertiary alicyclic amines) is 1. The van der Waals surface area contributed by atoms with Gasteiger partial charge in [0.2, 0.25) is 0 Å². The minimum atomic E-state index is -4.48. The lowest BCUT2D eigenvalue weighted by Gasteiger charge is -2.23. The Labute approximate surface area is 106 Å². The second-order valence-electron chi connectivity index (χ2n) is 4.04. The highest BCUT2D eigenvalue weighted by Gasteiger charge is 2.35. The molecular formula is C11H12F3NO2S. The fourth-order valence-electron chi connectivity index (χ4n) is 1.99. The minimum Gasteiger partial charge on any atom is -0.440 e. The van der Waals surface area contributed by atoms with E-state index in [2.05, 4.69) is 4.74 Å². The zero-order chi connectivity index (χ0) is 13.2. The number of hydrogen-bond donors (Lipinski definition) is 0. The molecule has 1 aromatic heterocycles. The third-order valence-corrected chi connectivity index (χ3v) is 3.69. The van der Waals surface area contributed by atoms with E-state index in [1.807, 2.05) is 17.5 Å². The maximum absolute atomic E-state index is 12.0. The van der Waals surface area contributed by atoms with Crippen LogP contribution in [0.25, 0.3) is 0 Å². The molecule has 1 atom stereocenters. The summed E-state index contributed by atoms with van der Waals surface area (Å²) in [7, 11) is 0. The molecule has 7 heteroatoms. The normalized spacial score (nSPS) is 20.2. The summed E-state index contributed by atoms with van der Waals surface area (Å²) in [6.07, 6.45) is -3.82. The third-order valence-electron chi connectivity index (χ3n) is 2.72. The SMILES string of the molecule is O=C(OCC(F)(F)F)N1CCCC1c1cccs1. The predicted molar refractivity (Wildman–Crippen MR) is 60.4 cm³/mol. The Morgan fingerprint density at radius 2 is 2.33 bits per heavy atom. The number of ether oxygens (including phenoxy) is 1. The van der Waals surface area contributed by atoms with Crippen molar-refractivity contribution in [1.29, 1.82) is 0 Å². The van der Waals surface area contributed by atoms with Crippen LogP contribution in [0.4, 0.5) is 18.0 Å². The van der Waals surface area contributed by atoms with Crippen molar-refractivity contribution >= 4 is 17.4 Å². The number of amides is 1. The van der Waals surface area contributed by atoms with E-state index in [0.29, 0.717) is 6.54 Å². The molecule has 1 fully saturated rings. The molecule has 0 spiro atoms. The number of alkyl halides is 3. The van der Waals surface area contributed by atoms with Crippen molar-refractivity contribution < 1.29 is 22.7 Å². The average molecular weight is 279 g/mol. The highest BCUT2D eigenvalue weighted by atomic mass is 32.1. The summed E-state index contributed by atoms with van der Waals surface area (Å²) < 4.78 is 40.2. The van der Waals surface area contributed by atoms with E-state index in [1.54, 1.807) is 0 Å². The quantitative estimate of drug-likeness (QED) is 0.828. The van der Waals surface area contributed by atoms with Crippen molar-refractivity contribution in [1.82, 2.24) is 4.90 Å². The lowest BCUT2D eigenvalue weighted by atomic mass is 10.2. The van der Waals surface area contributed by atoms with E-state index in [1.165, 1.54) is 16.2 Å². The highest BCUT2D eigenvalue weighted by Crippen LogP contribution is 2.34. The summed E-state index contributed by atoms with van der Waals surface area (Å²) in [5, 5.41) is 1.88. The van der Waals surface area contributed by atoms with E-state index in [0.717, 1.165) is 17.7 Å². The number of halogens is 3. The molecule has 0 saturated carbocycles. The van der Waals surface area contributed by atoms with Gasteiger partial charge >= 0.3 is 12.3 Å². The van der Waals surface area contributed by atoms with Crippen LogP contribution in [0.1, 0.15) is 23.8 Å². The summed E-state index contributed by atoms with van der Waals surface area (Å²) in [6.45, 7) is -1.08. The van der Waals surface area contributed by atoms with Gasteiger partial charge in [-0.25, -0.2) is 4.79 Å². The van der Waals surface area contributed by atoms with Gasteiger partial charge in [-0.3, -0.25) is 0 Å². The summed E-state index contributed by atoms with van der Waals surface area (Å²) in [5.41, 5.74) is 0. The molecule has 1 aliphatic rings. The van der Waals surface area contributed by atoms with Crippen LogP contribution in [-0.4, -0.2) is 30.3 Å². The fraction of sp³-hybridized carbons (Fsp3) is 0.545. The van der Waals surface area contributed by atoms with Gasteiger partial charge in [-0.2, -0.15) is 13.2 Å². The van der Waals surface area contributed by atoms with E-state index < -0.39 is 18.9 Å². The number of nitrogens with zero attached hydrogens (tertiary/aromatic N) is 1. The first-order chi connectivity index (χ1) is 8.47. The van der Waals surface area contributed by atoms with Gasteiger partial charge in [-0.1, -0.05) is 6.07 Å². The molecule has 18 heavy (non-hydrogen) atoms. The largest absolute Gasteiger partial charge is 0.440 e. The molecule has 0 radical (unpaired) electrons. The van der Waals surface area contributed by atoms with Crippen LogP contribution in [0, 0.1) is 0 Å². The van der Waals surface area contributed by atoms with Crippen LogP contribution >= 0.6 is 11.3 Å². The van der Waals surface area contributed by atoms with Gasteiger partial charge < -0.3 is 9.64 Å². The Morgan fingerprint density at radius 3 is 2.94 bits per heavy atom. The number of thiophene rings is 1. The zero-order valence-corrected chi connectivity index (χ0v) is 10.3. The molecule has 0 aliphatic carbocycles. The summed E-state index contributed by atoms with van der Waals surface area (Å²) >= 11 is 1.49. The lowest BCUT2D eigenvalue weighted by Crippen LogP contribution is -2.33. The molecule has 2 rings (SSSR count). The van der Waals surface area contributed by atoms with Crippen LogP contribution in [-0.2, 0) is 4.74 Å². The molecule has 3 nitrogen and oxygen atoms in total. The molecule has 2 heterocycles. The molecule has 0 bridgehead atoms. The number of hydrogen-bond acceptors (Lipinski definition) is 3. The van der Waals surface area contributed by atoms with Crippen molar-refractivity contribution in [3.8, 4) is 0 Å². The molecule has 1 saturated heterocycles. The van der Waals surface area contributed by atoms with E-state index in [9.17, 15) is 18.0 Å². The maximum atomic E-state index is 12.0. The lowest BCUT2D eigenvalue weighted by molar-refractivity contribution is -0.162. The fourth-order valence-corrected chi connectivity index (χ4v) is 2.86. The number of carbonyl (C=O) groups excluding carboxylic acids is 1. The Hall–Kier alpha value is -1.24. The second kappa shape index (κ2) is 5.17. The summed E-state index contributed by atoms with van der Waals surface area (Å²) in [4.78, 5) is 14.0. The monoisotopic (exact) mass is 279 g/mol. The Balaban J connectivity index is 1.97. The van der Waals surface area contributed by atoms with Gasteiger partial charge in [-0.15, -0.1) is 11.3 Å². The Bertz CT molecular complexity index is 405. The van der Waals surface area contributed by atoms with E-state index >= 15 is 0 Å². The predicted octanol–water partition coefficient (Wildman–Crippen LogP) is 3.58. The topological polar surface area (TPSA) is 29.5 Å². The molecule has 100 valence electrons. The van der Waals surface area contributed by atoms with Crippen molar-refractivity contribution in [3.05, 3.63) is 22.4 Å². The molecule has 0 aromatic carbocycles. The van der Waals surface area contributed by atoms with Gasteiger partial charge in [0.25, 0.3) is 0 Å². The van der Waals surface area contributed by atoms with Gasteiger partial charge in [0.05, 0.1) is 6.04 Å². The molecule has 1 amide bonds. The van der Waals surface area contributed by atoms with Gasteiger partial charge in [0.1, 0.15) is 0 Å². The van der Waals surface area contributed by atoms with Crippen molar-refractivity contribution in [3.63, 3.8) is 0 Å². The number of rotatable bonds is 2. The van der Waals surface area contributed by atoms with Crippen molar-refractivity contribution in [2.45, 2.75) is 25.1 Å². The smallest absolute Gasteiger partial charge is 0.422 e. The average Bonchev–Trinajstić information content (AvgIpc) is 2.94. The first-order valence-corrected chi connectivity index (χ1v) is 6.39. The second-order valence-corrected chi connectivity index (χ2v) is 5.02. The van der Waals surface area contributed by atoms with Gasteiger partial charge in [0, 0.05) is 11.4 Å². The van der Waals surface area contributed by atoms with Gasteiger partial charge in [0.15, 0.2) is 6.61 Å². The Kier molecular flexibility index (Phi) is 3.79. The molecule has 0 N–H and O–H groups in total. The van der Waals surface area contributed by atoms with E-state index in [-0.39, 0.29) is 6.04 Å². The summed E-state index contributed by atoms with van der Waals surface area (Å²) in [6, 6.07) is 3.59. The first kappa shape index (κ1) is 13.2. The standard InChI is InChI=1S/C11H12F3NO2S/c12-11(13,14)7-17-10(16)15-5-1-3-8(15)9-4-2-6-18-9/h2,4,6,8H,1,3,5,7H2. The zero-order valence-electron chi connectivity index (χ0n) is 9.44. The van der Waals surface area contributed by atoms with Crippen molar-refractivity contribution in [2.24, 2.45) is 0 Å². The molecule has 1 aromatic rings. The van der Waals surface area contributed by atoms with Crippen LogP contribution in [0.3, 0.4) is 0 Å². The highest BCUT2D eigenvalue weighted by molar-refractivity contribution is 7.10. The molecule has 1 aliphatic heterocycles. The van der Waals surface area contributed by atoms with Crippen LogP contribution in [0.15, 0.2) is 17.5 Å². The molecule has 1 unspecified atom stereocenters. The van der Waals surface area contributed by atoms with E-state index in [4.69, 9.17) is 0 Å². The Morgan fingerprint density at radius 1 is 1.56 bits per heavy atom. The number of carbonyl (C=O) groups is 1. The first-order valence-electron chi connectivity index (χ1n) is 5.51. The van der Waals surface area contributed by atoms with Crippen LogP contribution in [0.5, 0.6) is 0 Å². The molecular weight excluding hydrogens is 267 g/mol. The summed E-state index contributed by atoms with van der Waals surface area (Å²) in [5.74, 6) is 0. The van der Waals surface area contributed by atoms with Gasteiger partial charge in [-0.05, 0) is 24.3 Å². The third kappa shape index (κ3) is 3.16. The minimum absolute atomic E-state index is 0.147. The van der Waals surface area contributed by atoms with Crippen LogP contribution < -0.4 is 0 Å². The maximum Gasteiger partial charge on any atom is 0.422 e. The van der Waals surface area contributed by atoms with Crippen LogP contribution in [0.2, 0.25) is 0 Å².